The molecule has 0 aromatic heterocycles. The Hall–Kier alpha value is -1.49. The molecular formula is C12H14N2O2S. The Bertz CT molecular complexity index is 422. The second-order valence-corrected chi connectivity index (χ2v) is 5.01. The van der Waals surface area contributed by atoms with E-state index in [4.69, 9.17) is 0 Å². The van der Waals surface area contributed by atoms with Crippen molar-refractivity contribution >= 4 is 23.7 Å². The summed E-state index contributed by atoms with van der Waals surface area (Å²) < 4.78 is 0. The lowest BCUT2D eigenvalue weighted by Gasteiger charge is -2.13. The van der Waals surface area contributed by atoms with Gasteiger partial charge in [0, 0.05) is 24.2 Å². The molecule has 0 aliphatic carbocycles. The van der Waals surface area contributed by atoms with Crippen molar-refractivity contribution < 1.29 is 9.59 Å². The second kappa shape index (κ2) is 5.23. The van der Waals surface area contributed by atoms with E-state index >= 15 is 0 Å². The fourth-order valence-corrected chi connectivity index (χ4v) is 2.52. The molecule has 1 fully saturated rings. The Morgan fingerprint density at radius 1 is 1.24 bits per heavy atom. The van der Waals surface area contributed by atoms with Crippen LogP contribution < -0.4 is 0 Å². The van der Waals surface area contributed by atoms with Gasteiger partial charge in [-0.3, -0.25) is 9.69 Å². The van der Waals surface area contributed by atoms with E-state index in [0.29, 0.717) is 6.54 Å². The van der Waals surface area contributed by atoms with E-state index in [-0.39, 0.29) is 18.5 Å². The summed E-state index contributed by atoms with van der Waals surface area (Å²) >= 11 is 1.65. The smallest absolute Gasteiger partial charge is 0.318 e. The van der Waals surface area contributed by atoms with Gasteiger partial charge in [-0.05, 0) is 12.1 Å². The van der Waals surface area contributed by atoms with E-state index in [1.165, 1.54) is 9.80 Å². The van der Waals surface area contributed by atoms with Crippen LogP contribution in [-0.2, 0) is 4.79 Å². The van der Waals surface area contributed by atoms with Crippen molar-refractivity contribution in [1.82, 2.24) is 9.80 Å². The molecule has 1 saturated heterocycles. The number of thioether (sulfide) groups is 1. The number of urea groups is 1. The van der Waals surface area contributed by atoms with Gasteiger partial charge >= 0.3 is 6.03 Å². The first-order valence-corrected chi connectivity index (χ1v) is 6.40. The molecule has 1 aromatic rings. The summed E-state index contributed by atoms with van der Waals surface area (Å²) in [5.41, 5.74) is 0. The SMILES string of the molecule is CN1CC(=O)N(CCSc2ccccc2)C1=O. The molecule has 0 saturated carbocycles. The highest BCUT2D eigenvalue weighted by Gasteiger charge is 2.32. The van der Waals surface area contributed by atoms with Gasteiger partial charge in [-0.25, -0.2) is 4.79 Å². The summed E-state index contributed by atoms with van der Waals surface area (Å²) in [4.78, 5) is 27.0. The van der Waals surface area contributed by atoms with E-state index < -0.39 is 0 Å². The van der Waals surface area contributed by atoms with Crippen LogP contribution in [0.5, 0.6) is 0 Å². The van der Waals surface area contributed by atoms with E-state index in [1.807, 2.05) is 30.3 Å². The summed E-state index contributed by atoms with van der Waals surface area (Å²) in [6.07, 6.45) is 0. The highest BCUT2D eigenvalue weighted by atomic mass is 32.2. The molecule has 5 heteroatoms. The number of hydrogen-bond acceptors (Lipinski definition) is 3. The van der Waals surface area contributed by atoms with Crippen molar-refractivity contribution in [2.24, 2.45) is 0 Å². The van der Waals surface area contributed by atoms with E-state index in [9.17, 15) is 9.59 Å². The Labute approximate surface area is 105 Å². The first-order chi connectivity index (χ1) is 8.18. The fraction of sp³-hybridized carbons (Fsp3) is 0.333. The number of amides is 3. The lowest BCUT2D eigenvalue weighted by atomic mass is 10.4. The zero-order valence-corrected chi connectivity index (χ0v) is 10.4. The van der Waals surface area contributed by atoms with Crippen LogP contribution in [0.4, 0.5) is 4.79 Å². The zero-order chi connectivity index (χ0) is 12.3. The third-order valence-corrected chi connectivity index (χ3v) is 3.55. The summed E-state index contributed by atoms with van der Waals surface area (Å²) in [6, 6.07) is 9.76. The lowest BCUT2D eigenvalue weighted by molar-refractivity contribution is -0.125. The van der Waals surface area contributed by atoms with Crippen molar-refractivity contribution in [2.75, 3.05) is 25.9 Å². The Morgan fingerprint density at radius 3 is 2.53 bits per heavy atom. The molecule has 1 heterocycles. The number of imide groups is 1. The van der Waals surface area contributed by atoms with Crippen molar-refractivity contribution in [3.8, 4) is 0 Å². The second-order valence-electron chi connectivity index (χ2n) is 3.85. The largest absolute Gasteiger partial charge is 0.326 e. The van der Waals surface area contributed by atoms with Gasteiger partial charge in [0.25, 0.3) is 0 Å². The maximum absolute atomic E-state index is 11.6. The monoisotopic (exact) mass is 250 g/mol. The first kappa shape index (κ1) is 12.0. The number of hydrogen-bond donors (Lipinski definition) is 0. The molecule has 0 bridgehead atoms. The minimum Gasteiger partial charge on any atom is -0.318 e. The van der Waals surface area contributed by atoms with Crippen molar-refractivity contribution in [1.29, 1.82) is 0 Å². The topological polar surface area (TPSA) is 40.6 Å². The lowest BCUT2D eigenvalue weighted by Crippen LogP contribution is -2.33. The van der Waals surface area contributed by atoms with Gasteiger partial charge in [-0.2, -0.15) is 0 Å². The Kier molecular flexibility index (Phi) is 3.68. The predicted molar refractivity (Wildman–Crippen MR) is 66.9 cm³/mol. The van der Waals surface area contributed by atoms with Gasteiger partial charge < -0.3 is 4.90 Å². The minimum absolute atomic E-state index is 0.105. The molecule has 0 atom stereocenters. The standard InChI is InChI=1S/C12H14N2O2S/c1-13-9-11(15)14(12(13)16)7-8-17-10-5-3-2-4-6-10/h2-6H,7-9H2,1H3. The fourth-order valence-electron chi connectivity index (χ4n) is 1.66. The number of benzene rings is 1. The van der Waals surface area contributed by atoms with Crippen molar-refractivity contribution in [2.45, 2.75) is 4.90 Å². The van der Waals surface area contributed by atoms with Crippen LogP contribution in [-0.4, -0.2) is 47.6 Å². The molecule has 90 valence electrons. The molecule has 3 amide bonds. The molecule has 1 aromatic carbocycles. The quantitative estimate of drug-likeness (QED) is 0.603. The van der Waals surface area contributed by atoms with Gasteiger partial charge in [0.05, 0.1) is 0 Å². The molecule has 0 unspecified atom stereocenters. The summed E-state index contributed by atoms with van der Waals surface area (Å²) in [6.45, 7) is 0.677. The van der Waals surface area contributed by atoms with Gasteiger partial charge in [-0.15, -0.1) is 11.8 Å². The summed E-state index contributed by atoms with van der Waals surface area (Å²) in [7, 11) is 1.64. The maximum Gasteiger partial charge on any atom is 0.326 e. The Balaban J connectivity index is 1.83. The highest BCUT2D eigenvalue weighted by molar-refractivity contribution is 7.99. The third-order valence-electron chi connectivity index (χ3n) is 2.56. The highest BCUT2D eigenvalue weighted by Crippen LogP contribution is 2.18. The van der Waals surface area contributed by atoms with Crippen LogP contribution in [0.3, 0.4) is 0 Å². The van der Waals surface area contributed by atoms with Crippen LogP contribution in [0.1, 0.15) is 0 Å². The number of carbonyl (C=O) groups excluding carboxylic acids is 2. The molecule has 1 aliphatic heterocycles. The number of carbonyl (C=O) groups is 2. The molecule has 17 heavy (non-hydrogen) atoms. The van der Waals surface area contributed by atoms with Crippen LogP contribution in [0.25, 0.3) is 0 Å². The summed E-state index contributed by atoms with van der Waals surface area (Å²) in [5.74, 6) is 0.626. The van der Waals surface area contributed by atoms with E-state index in [0.717, 1.165) is 10.6 Å². The van der Waals surface area contributed by atoms with Crippen molar-refractivity contribution in [3.05, 3.63) is 30.3 Å². The zero-order valence-electron chi connectivity index (χ0n) is 9.63. The first-order valence-electron chi connectivity index (χ1n) is 5.42. The van der Waals surface area contributed by atoms with Gasteiger partial charge in [0.2, 0.25) is 5.91 Å². The maximum atomic E-state index is 11.6. The van der Waals surface area contributed by atoms with Gasteiger partial charge in [0.15, 0.2) is 0 Å². The average molecular weight is 250 g/mol. The summed E-state index contributed by atoms with van der Waals surface area (Å²) in [5, 5.41) is 0. The normalized spacial score (nSPS) is 15.8. The van der Waals surface area contributed by atoms with Gasteiger partial charge in [0.1, 0.15) is 6.54 Å². The molecule has 1 aliphatic rings. The average Bonchev–Trinajstić information content (AvgIpc) is 2.57. The van der Waals surface area contributed by atoms with Crippen LogP contribution in [0.2, 0.25) is 0 Å². The molecule has 4 nitrogen and oxygen atoms in total. The predicted octanol–water partition coefficient (Wildman–Crippen LogP) is 1.67. The molecular weight excluding hydrogens is 236 g/mol. The number of likely N-dealkylation sites (N-methyl/N-ethyl adjacent to an activating group) is 1. The molecule has 2 rings (SSSR count). The molecule has 0 N–H and O–H groups in total. The van der Waals surface area contributed by atoms with Crippen LogP contribution >= 0.6 is 11.8 Å². The third kappa shape index (κ3) is 2.79. The molecule has 0 spiro atoms. The van der Waals surface area contributed by atoms with E-state index in [1.54, 1.807) is 18.8 Å². The van der Waals surface area contributed by atoms with E-state index in [2.05, 4.69) is 0 Å². The van der Waals surface area contributed by atoms with Crippen LogP contribution in [0.15, 0.2) is 35.2 Å². The van der Waals surface area contributed by atoms with Crippen LogP contribution in [0, 0.1) is 0 Å². The van der Waals surface area contributed by atoms with Gasteiger partial charge in [-0.1, -0.05) is 18.2 Å². The molecule has 0 radical (unpaired) electrons. The number of nitrogens with zero attached hydrogens (tertiary/aromatic N) is 2. The minimum atomic E-state index is -0.191. The van der Waals surface area contributed by atoms with Crippen molar-refractivity contribution in [3.63, 3.8) is 0 Å². The number of rotatable bonds is 4. The Morgan fingerprint density at radius 2 is 1.94 bits per heavy atom.